The van der Waals surface area contributed by atoms with Gasteiger partial charge in [-0.3, -0.25) is 0 Å². The molecule has 0 unspecified atom stereocenters. The van der Waals surface area contributed by atoms with Gasteiger partial charge < -0.3 is 9.84 Å². The average molecular weight is 267 g/mol. The minimum absolute atomic E-state index is 0.398. The number of aliphatic hydroxyl groups is 1. The van der Waals surface area contributed by atoms with Gasteiger partial charge in [-0.25, -0.2) is 4.39 Å². The van der Waals surface area contributed by atoms with E-state index in [9.17, 15) is 9.50 Å². The van der Waals surface area contributed by atoms with Crippen molar-refractivity contribution < 1.29 is 14.2 Å². The van der Waals surface area contributed by atoms with E-state index in [4.69, 9.17) is 16.3 Å². The van der Waals surface area contributed by atoms with E-state index in [0.717, 1.165) is 0 Å². The Morgan fingerprint density at radius 1 is 1.22 bits per heavy atom. The van der Waals surface area contributed by atoms with Crippen molar-refractivity contribution >= 4 is 11.6 Å². The fourth-order valence-corrected chi connectivity index (χ4v) is 1.78. The number of hydrogen-bond donors (Lipinski definition) is 1. The van der Waals surface area contributed by atoms with Gasteiger partial charge in [0.2, 0.25) is 0 Å². The first-order chi connectivity index (χ1) is 8.56. The second-order valence-electron chi connectivity index (χ2n) is 3.92. The fraction of sp³-hybridized carbons (Fsp3) is 0.143. The Balaban J connectivity index is 2.34. The van der Waals surface area contributed by atoms with Crippen molar-refractivity contribution in [3.8, 4) is 11.5 Å². The molecule has 0 bridgehead atoms. The Morgan fingerprint density at radius 2 is 2.00 bits per heavy atom. The summed E-state index contributed by atoms with van der Waals surface area (Å²) in [5.74, 6) is 0.536. The number of ether oxygens (including phenoxy) is 1. The fourth-order valence-electron chi connectivity index (χ4n) is 1.60. The van der Waals surface area contributed by atoms with Crippen LogP contribution in [0.4, 0.5) is 4.39 Å². The zero-order valence-electron chi connectivity index (χ0n) is 9.73. The Bertz CT molecular complexity index is 555. The predicted molar refractivity (Wildman–Crippen MR) is 68.6 cm³/mol. The molecule has 2 nitrogen and oxygen atoms in total. The molecule has 0 radical (unpaired) electrons. The smallest absolute Gasteiger partial charge is 0.133 e. The molecule has 0 spiro atoms. The van der Waals surface area contributed by atoms with Gasteiger partial charge in [-0.2, -0.15) is 0 Å². The van der Waals surface area contributed by atoms with Crippen LogP contribution in [0.1, 0.15) is 18.6 Å². The summed E-state index contributed by atoms with van der Waals surface area (Å²) in [5.41, 5.74) is 0.398. The third-order valence-electron chi connectivity index (χ3n) is 2.45. The molecule has 0 heterocycles. The maximum atomic E-state index is 13.1. The summed E-state index contributed by atoms with van der Waals surface area (Å²) < 4.78 is 18.7. The van der Waals surface area contributed by atoms with E-state index in [2.05, 4.69) is 0 Å². The number of aliphatic hydroxyl groups excluding tert-OH is 1. The van der Waals surface area contributed by atoms with Crippen LogP contribution in [0.2, 0.25) is 5.02 Å². The van der Waals surface area contributed by atoms with Crippen LogP contribution >= 0.6 is 11.6 Å². The Morgan fingerprint density at radius 3 is 2.67 bits per heavy atom. The van der Waals surface area contributed by atoms with Crippen molar-refractivity contribution in [3.05, 3.63) is 58.9 Å². The van der Waals surface area contributed by atoms with Gasteiger partial charge in [0.1, 0.15) is 17.3 Å². The van der Waals surface area contributed by atoms with Gasteiger partial charge in [0.05, 0.1) is 6.10 Å². The SMILES string of the molecule is C[C@@H](O)c1cc(F)ccc1Oc1cccc(Cl)c1. The van der Waals surface area contributed by atoms with Crippen LogP contribution in [0.5, 0.6) is 11.5 Å². The van der Waals surface area contributed by atoms with Gasteiger partial charge in [0.25, 0.3) is 0 Å². The predicted octanol–water partition coefficient (Wildman–Crippen LogP) is 4.32. The first-order valence-corrected chi connectivity index (χ1v) is 5.85. The van der Waals surface area contributed by atoms with Crippen molar-refractivity contribution in [1.82, 2.24) is 0 Å². The molecule has 0 amide bonds. The number of rotatable bonds is 3. The molecule has 94 valence electrons. The van der Waals surface area contributed by atoms with Gasteiger partial charge in [0.15, 0.2) is 0 Å². The average Bonchev–Trinajstić information content (AvgIpc) is 2.31. The van der Waals surface area contributed by atoms with Crippen LogP contribution in [-0.4, -0.2) is 5.11 Å². The molecule has 1 N–H and O–H groups in total. The van der Waals surface area contributed by atoms with Gasteiger partial charge in [0, 0.05) is 10.6 Å². The highest BCUT2D eigenvalue weighted by atomic mass is 35.5. The van der Waals surface area contributed by atoms with E-state index in [1.54, 1.807) is 31.2 Å². The monoisotopic (exact) mass is 266 g/mol. The van der Waals surface area contributed by atoms with Crippen molar-refractivity contribution in [2.45, 2.75) is 13.0 Å². The second-order valence-corrected chi connectivity index (χ2v) is 4.35. The van der Waals surface area contributed by atoms with E-state index in [1.807, 2.05) is 0 Å². The first-order valence-electron chi connectivity index (χ1n) is 5.47. The number of hydrogen-bond acceptors (Lipinski definition) is 2. The van der Waals surface area contributed by atoms with Crippen molar-refractivity contribution in [2.75, 3.05) is 0 Å². The van der Waals surface area contributed by atoms with Crippen LogP contribution in [0, 0.1) is 5.82 Å². The van der Waals surface area contributed by atoms with Crippen LogP contribution in [0.3, 0.4) is 0 Å². The van der Waals surface area contributed by atoms with Crippen molar-refractivity contribution in [3.63, 3.8) is 0 Å². The highest BCUT2D eigenvalue weighted by Gasteiger charge is 2.11. The molecule has 0 aliphatic carbocycles. The molecule has 0 aromatic heterocycles. The molecule has 0 fully saturated rings. The quantitative estimate of drug-likeness (QED) is 0.896. The molecule has 2 aromatic carbocycles. The van der Waals surface area contributed by atoms with Crippen molar-refractivity contribution in [2.24, 2.45) is 0 Å². The summed E-state index contributed by atoms with van der Waals surface area (Å²) in [7, 11) is 0. The number of benzene rings is 2. The largest absolute Gasteiger partial charge is 0.457 e. The lowest BCUT2D eigenvalue weighted by molar-refractivity contribution is 0.195. The summed E-state index contributed by atoms with van der Waals surface area (Å²) >= 11 is 5.85. The summed E-state index contributed by atoms with van der Waals surface area (Å²) in [4.78, 5) is 0. The molecule has 0 aliphatic heterocycles. The van der Waals surface area contributed by atoms with E-state index >= 15 is 0 Å². The highest BCUT2D eigenvalue weighted by molar-refractivity contribution is 6.30. The van der Waals surface area contributed by atoms with Crippen LogP contribution < -0.4 is 4.74 Å². The van der Waals surface area contributed by atoms with Crippen LogP contribution in [-0.2, 0) is 0 Å². The highest BCUT2D eigenvalue weighted by Crippen LogP contribution is 2.31. The molecule has 0 saturated carbocycles. The molecule has 0 saturated heterocycles. The van der Waals surface area contributed by atoms with E-state index in [1.165, 1.54) is 18.2 Å². The summed E-state index contributed by atoms with van der Waals surface area (Å²) in [6.07, 6.45) is -0.810. The molecule has 4 heteroatoms. The number of halogens is 2. The lowest BCUT2D eigenvalue weighted by Crippen LogP contribution is -1.97. The van der Waals surface area contributed by atoms with Crippen molar-refractivity contribution in [1.29, 1.82) is 0 Å². The zero-order chi connectivity index (χ0) is 13.1. The van der Waals surface area contributed by atoms with Crippen LogP contribution in [0.15, 0.2) is 42.5 Å². The van der Waals surface area contributed by atoms with Gasteiger partial charge in [-0.15, -0.1) is 0 Å². The molecule has 1 atom stereocenters. The molecule has 2 aromatic rings. The topological polar surface area (TPSA) is 29.5 Å². The Kier molecular flexibility index (Phi) is 3.84. The second kappa shape index (κ2) is 5.38. The molecular formula is C14H12ClFO2. The third-order valence-corrected chi connectivity index (χ3v) is 2.68. The molecule has 0 aliphatic rings. The maximum Gasteiger partial charge on any atom is 0.133 e. The lowest BCUT2D eigenvalue weighted by Gasteiger charge is -2.13. The summed E-state index contributed by atoms with van der Waals surface area (Å²) in [6.45, 7) is 1.56. The van der Waals surface area contributed by atoms with E-state index in [0.29, 0.717) is 22.1 Å². The Hall–Kier alpha value is -1.58. The van der Waals surface area contributed by atoms with E-state index in [-0.39, 0.29) is 0 Å². The third kappa shape index (κ3) is 3.00. The maximum absolute atomic E-state index is 13.1. The minimum atomic E-state index is -0.810. The van der Waals surface area contributed by atoms with Gasteiger partial charge in [-0.05, 0) is 43.3 Å². The molecule has 2 rings (SSSR count). The molecular weight excluding hydrogens is 255 g/mol. The summed E-state index contributed by atoms with van der Waals surface area (Å²) in [5, 5.41) is 10.1. The lowest BCUT2D eigenvalue weighted by atomic mass is 10.1. The van der Waals surface area contributed by atoms with E-state index < -0.39 is 11.9 Å². The summed E-state index contributed by atoms with van der Waals surface area (Å²) in [6, 6.07) is 10.9. The molecule has 18 heavy (non-hydrogen) atoms. The van der Waals surface area contributed by atoms with Gasteiger partial charge >= 0.3 is 0 Å². The minimum Gasteiger partial charge on any atom is -0.457 e. The zero-order valence-corrected chi connectivity index (χ0v) is 10.5. The van der Waals surface area contributed by atoms with Crippen LogP contribution in [0.25, 0.3) is 0 Å². The normalized spacial score (nSPS) is 12.2. The standard InChI is InChI=1S/C14H12ClFO2/c1-9(17)13-8-11(16)5-6-14(13)18-12-4-2-3-10(15)7-12/h2-9,17H,1H3/t9-/m1/s1. The Labute approximate surface area is 110 Å². The first kappa shape index (κ1) is 12.9. The van der Waals surface area contributed by atoms with Gasteiger partial charge in [-0.1, -0.05) is 17.7 Å².